The van der Waals surface area contributed by atoms with Gasteiger partial charge in [-0.15, -0.1) is 0 Å². The lowest BCUT2D eigenvalue weighted by Gasteiger charge is -2.36. The number of hydrogen-bond acceptors (Lipinski definition) is 4. The molecule has 0 radical (unpaired) electrons. The number of amides is 3. The molecule has 2 heterocycles. The fraction of sp³-hybridized carbons (Fsp3) is 0.650. The second kappa shape index (κ2) is 9.69. The highest BCUT2D eigenvalue weighted by molar-refractivity contribution is 5.75. The Labute approximate surface area is 161 Å². The topological polar surface area (TPSA) is 74.8 Å². The first-order chi connectivity index (χ1) is 13.1. The SMILES string of the molecule is CC(=O)N1CCOC(CNC(=O)N(Cc2ccccn2)C2CCCCC2)C1. The highest BCUT2D eigenvalue weighted by atomic mass is 16.5. The molecule has 0 spiro atoms. The van der Waals surface area contributed by atoms with Gasteiger partial charge in [-0.2, -0.15) is 0 Å². The molecule has 1 aliphatic carbocycles. The van der Waals surface area contributed by atoms with Crippen LogP contribution in [0, 0.1) is 0 Å². The Kier molecular flexibility index (Phi) is 7.04. The molecule has 1 unspecified atom stereocenters. The number of nitrogens with zero attached hydrogens (tertiary/aromatic N) is 3. The van der Waals surface area contributed by atoms with E-state index in [1.54, 1.807) is 18.0 Å². The smallest absolute Gasteiger partial charge is 0.318 e. The molecule has 2 fully saturated rings. The summed E-state index contributed by atoms with van der Waals surface area (Å²) in [5.74, 6) is 0.0496. The average Bonchev–Trinajstić information content (AvgIpc) is 2.72. The average molecular weight is 374 g/mol. The number of carbonyl (C=O) groups is 2. The van der Waals surface area contributed by atoms with Crippen molar-refractivity contribution in [2.45, 2.75) is 57.7 Å². The van der Waals surface area contributed by atoms with E-state index in [1.807, 2.05) is 23.1 Å². The van der Waals surface area contributed by atoms with Crippen molar-refractivity contribution in [3.63, 3.8) is 0 Å². The second-order valence-corrected chi connectivity index (χ2v) is 7.38. The third kappa shape index (κ3) is 5.66. The second-order valence-electron chi connectivity index (χ2n) is 7.38. The summed E-state index contributed by atoms with van der Waals surface area (Å²) in [5, 5.41) is 3.03. The van der Waals surface area contributed by atoms with Crippen LogP contribution in [-0.4, -0.2) is 65.1 Å². The molecule has 27 heavy (non-hydrogen) atoms. The number of pyridine rings is 1. The van der Waals surface area contributed by atoms with Gasteiger partial charge in [0.25, 0.3) is 0 Å². The summed E-state index contributed by atoms with van der Waals surface area (Å²) in [7, 11) is 0. The molecule has 7 nitrogen and oxygen atoms in total. The monoisotopic (exact) mass is 374 g/mol. The number of aromatic nitrogens is 1. The van der Waals surface area contributed by atoms with Crippen LogP contribution >= 0.6 is 0 Å². The molecule has 3 amide bonds. The molecule has 1 N–H and O–H groups in total. The molecule has 1 aromatic heterocycles. The van der Waals surface area contributed by atoms with E-state index in [1.165, 1.54) is 6.42 Å². The molecule has 0 bridgehead atoms. The maximum absolute atomic E-state index is 13.0. The van der Waals surface area contributed by atoms with Crippen molar-refractivity contribution in [1.29, 1.82) is 0 Å². The Balaban J connectivity index is 1.59. The first-order valence-electron chi connectivity index (χ1n) is 9.95. The molecule has 7 heteroatoms. The van der Waals surface area contributed by atoms with E-state index >= 15 is 0 Å². The van der Waals surface area contributed by atoms with Crippen LogP contribution in [0.5, 0.6) is 0 Å². The normalized spacial score (nSPS) is 20.9. The van der Waals surface area contributed by atoms with Gasteiger partial charge in [-0.3, -0.25) is 9.78 Å². The predicted molar refractivity (Wildman–Crippen MR) is 102 cm³/mol. The van der Waals surface area contributed by atoms with Gasteiger partial charge in [0.05, 0.1) is 24.9 Å². The van der Waals surface area contributed by atoms with Crippen molar-refractivity contribution < 1.29 is 14.3 Å². The van der Waals surface area contributed by atoms with Gasteiger partial charge in [0.2, 0.25) is 5.91 Å². The maximum Gasteiger partial charge on any atom is 0.318 e. The Bertz CT molecular complexity index is 619. The zero-order valence-corrected chi connectivity index (χ0v) is 16.1. The molecule has 1 aliphatic heterocycles. The molecule has 1 saturated heterocycles. The standard InChI is InChI=1S/C20H30N4O3/c1-16(25)23-11-12-27-19(15-23)13-22-20(26)24(18-8-3-2-4-9-18)14-17-7-5-6-10-21-17/h5-7,10,18-19H,2-4,8-9,11-15H2,1H3,(H,22,26). The number of nitrogens with one attached hydrogen (secondary N) is 1. The first kappa shape index (κ1) is 19.6. The number of urea groups is 1. The van der Waals surface area contributed by atoms with Crippen LogP contribution in [-0.2, 0) is 16.1 Å². The van der Waals surface area contributed by atoms with E-state index in [-0.39, 0.29) is 24.1 Å². The molecular formula is C20H30N4O3. The molecule has 1 saturated carbocycles. The number of carbonyl (C=O) groups excluding carboxylic acids is 2. The quantitative estimate of drug-likeness (QED) is 0.857. The maximum atomic E-state index is 13.0. The minimum absolute atomic E-state index is 0.0496. The van der Waals surface area contributed by atoms with E-state index < -0.39 is 0 Å². The minimum Gasteiger partial charge on any atom is -0.373 e. The molecule has 0 aromatic carbocycles. The van der Waals surface area contributed by atoms with E-state index in [2.05, 4.69) is 10.3 Å². The zero-order valence-electron chi connectivity index (χ0n) is 16.1. The number of ether oxygens (including phenoxy) is 1. The Hall–Kier alpha value is -2.15. The molecule has 1 atom stereocenters. The van der Waals surface area contributed by atoms with E-state index in [0.717, 1.165) is 31.4 Å². The Morgan fingerprint density at radius 1 is 1.30 bits per heavy atom. The summed E-state index contributed by atoms with van der Waals surface area (Å²) < 4.78 is 5.71. The summed E-state index contributed by atoms with van der Waals surface area (Å²) >= 11 is 0. The summed E-state index contributed by atoms with van der Waals surface area (Å²) in [5.41, 5.74) is 0.898. The van der Waals surface area contributed by atoms with Gasteiger partial charge < -0.3 is 19.9 Å². The molecule has 148 valence electrons. The minimum atomic E-state index is -0.158. The predicted octanol–water partition coefficient (Wildman–Crippen LogP) is 2.17. The van der Waals surface area contributed by atoms with Gasteiger partial charge in [0, 0.05) is 38.8 Å². The van der Waals surface area contributed by atoms with Gasteiger partial charge in [0.1, 0.15) is 0 Å². The number of rotatable bonds is 5. The third-order valence-electron chi connectivity index (χ3n) is 5.40. The van der Waals surface area contributed by atoms with Crippen molar-refractivity contribution in [1.82, 2.24) is 20.1 Å². The molecule has 1 aromatic rings. The zero-order chi connectivity index (χ0) is 19.1. The largest absolute Gasteiger partial charge is 0.373 e. The van der Waals surface area contributed by atoms with Gasteiger partial charge in [-0.1, -0.05) is 25.3 Å². The van der Waals surface area contributed by atoms with Crippen LogP contribution < -0.4 is 5.32 Å². The van der Waals surface area contributed by atoms with Crippen LogP contribution in [0.3, 0.4) is 0 Å². The van der Waals surface area contributed by atoms with Crippen molar-refractivity contribution in [2.24, 2.45) is 0 Å². The van der Waals surface area contributed by atoms with Crippen LogP contribution in [0.25, 0.3) is 0 Å². The Morgan fingerprint density at radius 3 is 2.81 bits per heavy atom. The molecule has 3 rings (SSSR count). The summed E-state index contributed by atoms with van der Waals surface area (Å²) in [6.45, 7) is 4.16. The lowest BCUT2D eigenvalue weighted by molar-refractivity contribution is -0.136. The van der Waals surface area contributed by atoms with Crippen molar-refractivity contribution in [2.75, 3.05) is 26.2 Å². The van der Waals surface area contributed by atoms with Gasteiger partial charge in [-0.05, 0) is 25.0 Å². The highest BCUT2D eigenvalue weighted by Gasteiger charge is 2.28. The fourth-order valence-corrected chi connectivity index (χ4v) is 3.86. The van der Waals surface area contributed by atoms with Crippen LogP contribution in [0.2, 0.25) is 0 Å². The van der Waals surface area contributed by atoms with Crippen LogP contribution in [0.4, 0.5) is 4.79 Å². The number of morpholine rings is 1. The third-order valence-corrected chi connectivity index (χ3v) is 5.40. The van der Waals surface area contributed by atoms with Gasteiger partial charge in [0.15, 0.2) is 0 Å². The van der Waals surface area contributed by atoms with Crippen molar-refractivity contribution >= 4 is 11.9 Å². The highest BCUT2D eigenvalue weighted by Crippen LogP contribution is 2.24. The van der Waals surface area contributed by atoms with Gasteiger partial charge in [-0.25, -0.2) is 4.79 Å². The van der Waals surface area contributed by atoms with Crippen LogP contribution in [0.15, 0.2) is 24.4 Å². The first-order valence-corrected chi connectivity index (χ1v) is 9.95. The van der Waals surface area contributed by atoms with E-state index in [0.29, 0.717) is 32.8 Å². The molecule has 2 aliphatic rings. The summed E-state index contributed by atoms with van der Waals surface area (Å²) in [4.78, 5) is 32.6. The molecular weight excluding hydrogens is 344 g/mol. The van der Waals surface area contributed by atoms with Crippen molar-refractivity contribution in [3.8, 4) is 0 Å². The Morgan fingerprint density at radius 2 is 2.11 bits per heavy atom. The lowest BCUT2D eigenvalue weighted by atomic mass is 9.94. The summed E-state index contributed by atoms with van der Waals surface area (Å²) in [6, 6.07) is 5.97. The van der Waals surface area contributed by atoms with Crippen molar-refractivity contribution in [3.05, 3.63) is 30.1 Å². The summed E-state index contributed by atoms with van der Waals surface area (Å²) in [6.07, 6.45) is 7.25. The van der Waals surface area contributed by atoms with E-state index in [9.17, 15) is 9.59 Å². The van der Waals surface area contributed by atoms with E-state index in [4.69, 9.17) is 4.74 Å². The fourth-order valence-electron chi connectivity index (χ4n) is 3.86. The van der Waals surface area contributed by atoms with Crippen LogP contribution in [0.1, 0.15) is 44.7 Å². The lowest BCUT2D eigenvalue weighted by Crippen LogP contribution is -2.52. The van der Waals surface area contributed by atoms with Gasteiger partial charge >= 0.3 is 6.03 Å². The number of hydrogen-bond donors (Lipinski definition) is 1.